The molecule has 0 bridgehead atoms. The average Bonchev–Trinajstić information content (AvgIpc) is 2.61. The lowest BCUT2D eigenvalue weighted by Crippen LogP contribution is -2.50. The van der Waals surface area contributed by atoms with E-state index in [1.165, 1.54) is 0 Å². The van der Waals surface area contributed by atoms with Crippen LogP contribution in [0.1, 0.15) is 36.0 Å². The highest BCUT2D eigenvalue weighted by molar-refractivity contribution is 5.81. The fraction of sp³-hybridized carbons (Fsp3) is 0.500. The van der Waals surface area contributed by atoms with Crippen LogP contribution in [-0.2, 0) is 20.7 Å². The highest BCUT2D eigenvalue weighted by Crippen LogP contribution is 2.28. The van der Waals surface area contributed by atoms with Gasteiger partial charge in [0.2, 0.25) is 0 Å². The van der Waals surface area contributed by atoms with Crippen LogP contribution < -0.4 is 5.32 Å². The molecule has 0 spiro atoms. The number of nitrogens with one attached hydrogen (secondary N) is 1. The third kappa shape index (κ3) is 2.99. The van der Waals surface area contributed by atoms with Crippen molar-refractivity contribution in [3.63, 3.8) is 0 Å². The number of allylic oxidation sites excluding steroid dienone is 2. The molecule has 1 N–H and O–H groups in total. The Morgan fingerprint density at radius 3 is 3.00 bits per heavy atom. The first kappa shape index (κ1) is 15.5. The van der Waals surface area contributed by atoms with E-state index in [0.29, 0.717) is 0 Å². The first-order valence-corrected chi connectivity index (χ1v) is 8.45. The van der Waals surface area contributed by atoms with Gasteiger partial charge < -0.3 is 14.8 Å². The number of ether oxygens (including phenoxy) is 2. The van der Waals surface area contributed by atoms with Crippen LogP contribution in [-0.4, -0.2) is 40.8 Å². The molecule has 1 amide bonds. The van der Waals surface area contributed by atoms with Crippen molar-refractivity contribution in [3.05, 3.63) is 47.6 Å². The number of nitrogens with zero attached hydrogens (tertiary/aromatic N) is 2. The molecule has 1 aromatic rings. The van der Waals surface area contributed by atoms with E-state index >= 15 is 0 Å². The maximum Gasteiger partial charge on any atom is 0.252 e. The fourth-order valence-corrected chi connectivity index (χ4v) is 3.47. The Labute approximate surface area is 141 Å². The summed E-state index contributed by atoms with van der Waals surface area (Å²) >= 11 is 0. The number of aromatic nitrogens is 2. The summed E-state index contributed by atoms with van der Waals surface area (Å²) in [6, 6.07) is -0.0510. The topological polar surface area (TPSA) is 73.3 Å². The molecule has 6 nitrogen and oxygen atoms in total. The van der Waals surface area contributed by atoms with Gasteiger partial charge in [0, 0.05) is 17.5 Å². The third-order valence-electron chi connectivity index (χ3n) is 4.71. The number of aryl methyl sites for hydroxylation is 2. The molecule has 126 valence electrons. The molecule has 1 aromatic heterocycles. The molecular formula is C18H21N3O3. The lowest BCUT2D eigenvalue weighted by molar-refractivity contribution is -0.168. The summed E-state index contributed by atoms with van der Waals surface area (Å²) < 4.78 is 11.6. The van der Waals surface area contributed by atoms with Crippen LogP contribution >= 0.6 is 0 Å². The van der Waals surface area contributed by atoms with Crippen molar-refractivity contribution in [2.24, 2.45) is 0 Å². The van der Waals surface area contributed by atoms with Gasteiger partial charge in [-0.05, 0) is 26.2 Å². The highest BCUT2D eigenvalue weighted by Gasteiger charge is 2.35. The number of fused-ring (bicyclic) bond motifs is 2. The van der Waals surface area contributed by atoms with Crippen LogP contribution in [0.15, 0.2) is 30.5 Å². The second-order valence-electron chi connectivity index (χ2n) is 6.43. The van der Waals surface area contributed by atoms with Gasteiger partial charge in [0.05, 0.1) is 12.6 Å². The summed E-state index contributed by atoms with van der Waals surface area (Å²) in [5, 5.41) is 3.09. The van der Waals surface area contributed by atoms with E-state index in [9.17, 15) is 4.79 Å². The Morgan fingerprint density at radius 2 is 2.12 bits per heavy atom. The molecule has 1 fully saturated rings. The van der Waals surface area contributed by atoms with Crippen molar-refractivity contribution in [2.75, 3.05) is 6.61 Å². The van der Waals surface area contributed by atoms with Crippen molar-refractivity contribution < 1.29 is 14.3 Å². The first-order chi connectivity index (χ1) is 11.7. The summed E-state index contributed by atoms with van der Waals surface area (Å²) in [5.74, 6) is 0.641. The maximum atomic E-state index is 12.6. The predicted octanol–water partition coefficient (Wildman–Crippen LogP) is 1.56. The van der Waals surface area contributed by atoms with Crippen LogP contribution in [0.3, 0.4) is 0 Å². The van der Waals surface area contributed by atoms with Gasteiger partial charge in [-0.15, -0.1) is 0 Å². The van der Waals surface area contributed by atoms with E-state index in [-0.39, 0.29) is 30.8 Å². The molecule has 2 heterocycles. The van der Waals surface area contributed by atoms with Crippen LogP contribution in [0.4, 0.5) is 0 Å². The van der Waals surface area contributed by atoms with Crippen LogP contribution in [0, 0.1) is 6.92 Å². The Kier molecular flexibility index (Phi) is 4.16. The second kappa shape index (κ2) is 6.45. The second-order valence-corrected chi connectivity index (χ2v) is 6.43. The minimum absolute atomic E-state index is 0.0510. The Bertz CT molecular complexity index is 701. The molecule has 0 aromatic carbocycles. The Hall–Kier alpha value is -2.05. The minimum Gasteiger partial charge on any atom is -0.368 e. The van der Waals surface area contributed by atoms with Gasteiger partial charge >= 0.3 is 0 Å². The standard InChI is InChI=1S/C18H21N3O3/c1-11-19-9-12-13(20-11)5-4-6-14(12)21-18(22)17-10-23-15-7-2-3-8-16(15)24-17/h2-3,7-9,14-17H,4-6,10H2,1H3,(H,21,22)/t14-,15-,16-,17-/m0/s1. The maximum absolute atomic E-state index is 12.6. The van der Waals surface area contributed by atoms with Gasteiger partial charge in [0.15, 0.2) is 6.10 Å². The number of amides is 1. The van der Waals surface area contributed by atoms with E-state index in [1.54, 1.807) is 0 Å². The molecule has 4 atom stereocenters. The van der Waals surface area contributed by atoms with E-state index in [4.69, 9.17) is 9.47 Å². The molecule has 0 saturated carbocycles. The van der Waals surface area contributed by atoms with E-state index in [1.807, 2.05) is 37.4 Å². The van der Waals surface area contributed by atoms with Crippen molar-refractivity contribution in [1.29, 1.82) is 0 Å². The summed E-state index contributed by atoms with van der Waals surface area (Å²) in [6.07, 6.45) is 11.6. The molecule has 0 unspecified atom stereocenters. The number of carbonyl (C=O) groups is 1. The SMILES string of the molecule is Cc1ncc2c(n1)CCC[C@@H]2NC(=O)[C@@H]1CO[C@H]2C=CC=C[C@@H]2O1. The summed E-state index contributed by atoms with van der Waals surface area (Å²) in [6.45, 7) is 2.16. The predicted molar refractivity (Wildman–Crippen MR) is 87.3 cm³/mol. The zero-order valence-electron chi connectivity index (χ0n) is 13.6. The Balaban J connectivity index is 1.44. The largest absolute Gasteiger partial charge is 0.368 e. The number of hydrogen-bond acceptors (Lipinski definition) is 5. The smallest absolute Gasteiger partial charge is 0.252 e. The monoisotopic (exact) mass is 327 g/mol. The van der Waals surface area contributed by atoms with E-state index in [0.717, 1.165) is 36.3 Å². The van der Waals surface area contributed by atoms with Crippen LogP contribution in [0.25, 0.3) is 0 Å². The molecule has 4 rings (SSSR count). The first-order valence-electron chi connectivity index (χ1n) is 8.45. The average molecular weight is 327 g/mol. The lowest BCUT2D eigenvalue weighted by atomic mass is 9.92. The minimum atomic E-state index is -0.584. The fourth-order valence-electron chi connectivity index (χ4n) is 3.47. The number of rotatable bonds is 2. The van der Waals surface area contributed by atoms with Crippen LogP contribution in [0.2, 0.25) is 0 Å². The van der Waals surface area contributed by atoms with Crippen molar-refractivity contribution in [2.45, 2.75) is 50.5 Å². The molecule has 24 heavy (non-hydrogen) atoms. The van der Waals surface area contributed by atoms with Crippen molar-refractivity contribution in [3.8, 4) is 0 Å². The zero-order chi connectivity index (χ0) is 16.5. The van der Waals surface area contributed by atoms with Gasteiger partial charge in [-0.3, -0.25) is 4.79 Å². The van der Waals surface area contributed by atoms with E-state index < -0.39 is 6.10 Å². The summed E-state index contributed by atoms with van der Waals surface area (Å²) in [4.78, 5) is 21.4. The molecule has 0 radical (unpaired) electrons. The molecule has 1 saturated heterocycles. The van der Waals surface area contributed by atoms with Gasteiger partial charge in [-0.25, -0.2) is 9.97 Å². The number of hydrogen-bond donors (Lipinski definition) is 1. The van der Waals surface area contributed by atoms with Gasteiger partial charge in [-0.2, -0.15) is 0 Å². The van der Waals surface area contributed by atoms with Gasteiger partial charge in [0.25, 0.3) is 5.91 Å². The van der Waals surface area contributed by atoms with E-state index in [2.05, 4.69) is 15.3 Å². The van der Waals surface area contributed by atoms with Crippen molar-refractivity contribution >= 4 is 5.91 Å². The molecule has 3 aliphatic rings. The molecular weight excluding hydrogens is 306 g/mol. The molecule has 6 heteroatoms. The normalized spacial score (nSPS) is 31.2. The zero-order valence-corrected chi connectivity index (χ0v) is 13.6. The summed E-state index contributed by atoms with van der Waals surface area (Å²) in [5.41, 5.74) is 2.07. The van der Waals surface area contributed by atoms with Crippen LogP contribution in [0.5, 0.6) is 0 Å². The molecule has 1 aliphatic heterocycles. The Morgan fingerprint density at radius 1 is 1.29 bits per heavy atom. The lowest BCUT2D eigenvalue weighted by Gasteiger charge is -2.35. The highest BCUT2D eigenvalue weighted by atomic mass is 16.6. The van der Waals surface area contributed by atoms with Gasteiger partial charge in [-0.1, -0.05) is 24.3 Å². The summed E-state index contributed by atoms with van der Waals surface area (Å²) in [7, 11) is 0. The third-order valence-corrected chi connectivity index (χ3v) is 4.71. The van der Waals surface area contributed by atoms with Gasteiger partial charge in [0.1, 0.15) is 18.0 Å². The number of carbonyl (C=O) groups excluding carboxylic acids is 1. The molecule has 2 aliphatic carbocycles. The van der Waals surface area contributed by atoms with Crippen molar-refractivity contribution in [1.82, 2.24) is 15.3 Å². The quantitative estimate of drug-likeness (QED) is 0.892.